The van der Waals surface area contributed by atoms with E-state index in [2.05, 4.69) is 31.5 Å². The normalized spacial score (nSPS) is 14.2. The molecule has 146 valence electrons. The van der Waals surface area contributed by atoms with E-state index in [1.54, 1.807) is 11.3 Å². The van der Waals surface area contributed by atoms with Crippen molar-refractivity contribution in [2.75, 3.05) is 18.0 Å². The van der Waals surface area contributed by atoms with Gasteiger partial charge in [0.2, 0.25) is 17.7 Å². The molecular formula is C20H23N5O2S. The average molecular weight is 398 g/mol. The summed E-state index contributed by atoms with van der Waals surface area (Å²) in [5.41, 5.74) is 1.97. The lowest BCUT2D eigenvalue weighted by atomic mass is 10.1. The van der Waals surface area contributed by atoms with Gasteiger partial charge in [-0.2, -0.15) is 11.3 Å². The summed E-state index contributed by atoms with van der Waals surface area (Å²) in [6, 6.07) is 5.94. The number of piperidine rings is 1. The van der Waals surface area contributed by atoms with Gasteiger partial charge in [0.25, 0.3) is 0 Å². The van der Waals surface area contributed by atoms with Crippen molar-refractivity contribution >= 4 is 23.1 Å². The lowest BCUT2D eigenvalue weighted by molar-refractivity contribution is -0.121. The Bertz CT molecular complexity index is 903. The van der Waals surface area contributed by atoms with Gasteiger partial charge >= 0.3 is 0 Å². The summed E-state index contributed by atoms with van der Waals surface area (Å²) >= 11 is 1.58. The standard InChI is InChI=1S/C20H23N5O2S/c26-18(4-5-19-23-24-20(27-19)16-7-11-28-14-16)22-13-15-6-8-21-17(12-15)25-9-2-1-3-10-25/h6-8,11-12,14H,1-5,9-10,13H2,(H,22,26). The number of hydrogen-bond donors (Lipinski definition) is 1. The number of carbonyl (C=O) groups excluding carboxylic acids is 1. The molecule has 1 N–H and O–H groups in total. The molecule has 4 heterocycles. The summed E-state index contributed by atoms with van der Waals surface area (Å²) in [5.74, 6) is 1.94. The van der Waals surface area contributed by atoms with Crippen LogP contribution in [0.5, 0.6) is 0 Å². The molecule has 8 heteroatoms. The second-order valence-electron chi connectivity index (χ2n) is 6.86. The molecule has 1 amide bonds. The minimum atomic E-state index is -0.0355. The lowest BCUT2D eigenvalue weighted by Crippen LogP contribution is -2.30. The van der Waals surface area contributed by atoms with Crippen molar-refractivity contribution in [2.24, 2.45) is 0 Å². The Morgan fingerprint density at radius 3 is 2.93 bits per heavy atom. The molecule has 0 aliphatic carbocycles. The molecule has 0 bridgehead atoms. The maximum absolute atomic E-state index is 12.2. The fourth-order valence-corrected chi connectivity index (χ4v) is 3.86. The molecule has 4 rings (SSSR count). The predicted octanol–water partition coefficient (Wildman–Crippen LogP) is 3.43. The van der Waals surface area contributed by atoms with Gasteiger partial charge in [0, 0.05) is 49.6 Å². The molecule has 0 radical (unpaired) electrons. The highest BCUT2D eigenvalue weighted by Gasteiger charge is 2.13. The lowest BCUT2D eigenvalue weighted by Gasteiger charge is -2.27. The number of aryl methyl sites for hydroxylation is 1. The predicted molar refractivity (Wildman–Crippen MR) is 108 cm³/mol. The molecule has 1 aliphatic heterocycles. The van der Waals surface area contributed by atoms with Gasteiger partial charge in [-0.3, -0.25) is 4.79 Å². The van der Waals surface area contributed by atoms with Gasteiger partial charge in [-0.25, -0.2) is 4.98 Å². The Morgan fingerprint density at radius 1 is 1.21 bits per heavy atom. The van der Waals surface area contributed by atoms with Crippen LogP contribution in [0.2, 0.25) is 0 Å². The van der Waals surface area contributed by atoms with Crippen LogP contribution in [0.25, 0.3) is 11.5 Å². The van der Waals surface area contributed by atoms with Crippen molar-refractivity contribution in [3.63, 3.8) is 0 Å². The second kappa shape index (κ2) is 8.97. The minimum absolute atomic E-state index is 0.0355. The average Bonchev–Trinajstić information content (AvgIpc) is 3.43. The van der Waals surface area contributed by atoms with E-state index in [-0.39, 0.29) is 5.91 Å². The molecule has 0 unspecified atom stereocenters. The van der Waals surface area contributed by atoms with Crippen LogP contribution in [0.1, 0.15) is 37.1 Å². The fraction of sp³-hybridized carbons (Fsp3) is 0.400. The van der Waals surface area contributed by atoms with Crippen molar-refractivity contribution < 1.29 is 9.21 Å². The Balaban J connectivity index is 1.25. The molecule has 0 spiro atoms. The monoisotopic (exact) mass is 397 g/mol. The Morgan fingerprint density at radius 2 is 2.11 bits per heavy atom. The SMILES string of the molecule is O=C(CCc1nnc(-c2ccsc2)o1)NCc1ccnc(N2CCCCC2)c1. The van der Waals surface area contributed by atoms with Crippen LogP contribution in [0.15, 0.2) is 39.6 Å². The van der Waals surface area contributed by atoms with Crippen LogP contribution in [-0.4, -0.2) is 34.2 Å². The molecular weight excluding hydrogens is 374 g/mol. The number of pyridine rings is 1. The molecule has 7 nitrogen and oxygen atoms in total. The molecule has 3 aromatic rings. The van der Waals surface area contributed by atoms with E-state index in [0.29, 0.717) is 31.2 Å². The Hall–Kier alpha value is -2.74. The van der Waals surface area contributed by atoms with Gasteiger partial charge in [0.05, 0.1) is 0 Å². The van der Waals surface area contributed by atoms with Crippen LogP contribution >= 0.6 is 11.3 Å². The number of amides is 1. The van der Waals surface area contributed by atoms with E-state index in [1.807, 2.05) is 29.1 Å². The molecule has 28 heavy (non-hydrogen) atoms. The largest absolute Gasteiger partial charge is 0.421 e. The zero-order valence-electron chi connectivity index (χ0n) is 15.6. The Labute approximate surface area is 167 Å². The highest BCUT2D eigenvalue weighted by Crippen LogP contribution is 2.21. The molecule has 0 atom stereocenters. The van der Waals surface area contributed by atoms with E-state index in [9.17, 15) is 4.79 Å². The van der Waals surface area contributed by atoms with Gasteiger partial charge in [0.15, 0.2) is 0 Å². The summed E-state index contributed by atoms with van der Waals surface area (Å²) < 4.78 is 5.61. The van der Waals surface area contributed by atoms with Crippen molar-refractivity contribution in [1.29, 1.82) is 0 Å². The van der Waals surface area contributed by atoms with Gasteiger partial charge in [0.1, 0.15) is 5.82 Å². The van der Waals surface area contributed by atoms with E-state index in [4.69, 9.17) is 4.42 Å². The van der Waals surface area contributed by atoms with Crippen molar-refractivity contribution in [2.45, 2.75) is 38.6 Å². The zero-order chi connectivity index (χ0) is 19.2. The number of rotatable bonds is 7. The van der Waals surface area contributed by atoms with E-state index >= 15 is 0 Å². The first-order valence-electron chi connectivity index (χ1n) is 9.59. The number of nitrogens with one attached hydrogen (secondary N) is 1. The Kier molecular flexibility index (Phi) is 5.96. The van der Waals surface area contributed by atoms with Gasteiger partial charge in [-0.15, -0.1) is 10.2 Å². The molecule has 0 saturated carbocycles. The number of aromatic nitrogens is 3. The van der Waals surface area contributed by atoms with E-state index < -0.39 is 0 Å². The number of hydrogen-bond acceptors (Lipinski definition) is 7. The summed E-state index contributed by atoms with van der Waals surface area (Å²) in [5, 5.41) is 14.9. The van der Waals surface area contributed by atoms with Gasteiger partial charge in [-0.1, -0.05) is 0 Å². The summed E-state index contributed by atoms with van der Waals surface area (Å²) in [6.45, 7) is 2.60. The molecule has 1 saturated heterocycles. The minimum Gasteiger partial charge on any atom is -0.421 e. The zero-order valence-corrected chi connectivity index (χ0v) is 16.5. The fourth-order valence-electron chi connectivity index (χ4n) is 3.23. The third kappa shape index (κ3) is 4.75. The van der Waals surface area contributed by atoms with Crippen molar-refractivity contribution in [3.8, 4) is 11.5 Å². The van der Waals surface area contributed by atoms with E-state index in [1.165, 1.54) is 19.3 Å². The van der Waals surface area contributed by atoms with Crippen molar-refractivity contribution in [3.05, 3.63) is 46.6 Å². The smallest absolute Gasteiger partial charge is 0.248 e. The number of anilines is 1. The first-order chi connectivity index (χ1) is 13.8. The maximum atomic E-state index is 12.2. The summed E-state index contributed by atoms with van der Waals surface area (Å²) in [6.07, 6.45) is 6.28. The number of thiophene rings is 1. The topological polar surface area (TPSA) is 84.1 Å². The van der Waals surface area contributed by atoms with Crippen LogP contribution in [0.4, 0.5) is 5.82 Å². The quantitative estimate of drug-likeness (QED) is 0.657. The van der Waals surface area contributed by atoms with E-state index in [0.717, 1.165) is 30.0 Å². The van der Waals surface area contributed by atoms with Gasteiger partial charge in [-0.05, 0) is 48.4 Å². The number of nitrogens with zero attached hydrogens (tertiary/aromatic N) is 4. The second-order valence-corrected chi connectivity index (χ2v) is 7.64. The van der Waals surface area contributed by atoms with Crippen LogP contribution in [0, 0.1) is 0 Å². The summed E-state index contributed by atoms with van der Waals surface area (Å²) in [7, 11) is 0. The van der Waals surface area contributed by atoms with Crippen LogP contribution < -0.4 is 10.2 Å². The van der Waals surface area contributed by atoms with Crippen LogP contribution in [-0.2, 0) is 17.8 Å². The third-order valence-electron chi connectivity index (χ3n) is 4.78. The third-order valence-corrected chi connectivity index (χ3v) is 5.46. The highest BCUT2D eigenvalue weighted by atomic mass is 32.1. The molecule has 1 fully saturated rings. The maximum Gasteiger partial charge on any atom is 0.248 e. The summed E-state index contributed by atoms with van der Waals surface area (Å²) in [4.78, 5) is 19.0. The molecule has 3 aromatic heterocycles. The first kappa shape index (κ1) is 18.6. The van der Waals surface area contributed by atoms with Gasteiger partial charge < -0.3 is 14.6 Å². The molecule has 1 aliphatic rings. The first-order valence-corrected chi connectivity index (χ1v) is 10.5. The highest BCUT2D eigenvalue weighted by molar-refractivity contribution is 7.08. The molecule has 0 aromatic carbocycles. The van der Waals surface area contributed by atoms with Crippen molar-refractivity contribution in [1.82, 2.24) is 20.5 Å². The van der Waals surface area contributed by atoms with Crippen LogP contribution in [0.3, 0.4) is 0 Å². The number of carbonyl (C=O) groups is 1.